The van der Waals surface area contributed by atoms with Crippen molar-refractivity contribution in [3.63, 3.8) is 0 Å². The van der Waals surface area contributed by atoms with Crippen LogP contribution in [-0.2, 0) is 0 Å². The van der Waals surface area contributed by atoms with Crippen molar-refractivity contribution >= 4 is 28.9 Å². The van der Waals surface area contributed by atoms with Crippen LogP contribution in [0.25, 0.3) is 0 Å². The molecule has 0 bridgehead atoms. The lowest BCUT2D eigenvalue weighted by molar-refractivity contribution is 0.579. The molecule has 1 aromatic heterocycles. The van der Waals surface area contributed by atoms with Crippen LogP contribution in [0.5, 0.6) is 0 Å². The minimum absolute atomic E-state index is 0.205. The van der Waals surface area contributed by atoms with Crippen molar-refractivity contribution in [2.75, 3.05) is 10.7 Å². The number of rotatable bonds is 3. The Morgan fingerprint density at radius 3 is 2.50 bits per heavy atom. The van der Waals surface area contributed by atoms with Crippen LogP contribution < -0.4 is 16.6 Å². The third-order valence-electron chi connectivity index (χ3n) is 2.42. The molecule has 0 atom stereocenters. The Kier molecular flexibility index (Phi) is 3.98. The van der Waals surface area contributed by atoms with Gasteiger partial charge in [-0.2, -0.15) is 5.26 Å². The molecule has 2 aromatic rings. The lowest BCUT2D eigenvalue weighted by Gasteiger charge is -2.10. The minimum atomic E-state index is -0.915. The second kappa shape index (κ2) is 5.69. The molecule has 0 spiro atoms. The van der Waals surface area contributed by atoms with Crippen LogP contribution in [0.1, 0.15) is 5.56 Å². The smallest absolute Gasteiger partial charge is 0.178 e. The van der Waals surface area contributed by atoms with Gasteiger partial charge in [-0.1, -0.05) is 11.6 Å². The van der Waals surface area contributed by atoms with E-state index in [0.29, 0.717) is 17.3 Å². The monoisotopic (exact) mass is 295 g/mol. The van der Waals surface area contributed by atoms with Gasteiger partial charge in [0.05, 0.1) is 22.3 Å². The SMILES string of the molecule is N#Cc1ccc(Nc2nc(NN)c(F)cc2F)c(Cl)c1. The molecule has 2 rings (SSSR count). The molecule has 5 nitrogen and oxygen atoms in total. The molecule has 0 fully saturated rings. The molecule has 0 amide bonds. The van der Waals surface area contributed by atoms with Gasteiger partial charge in [0.2, 0.25) is 0 Å². The Morgan fingerprint density at radius 2 is 1.90 bits per heavy atom. The number of pyridine rings is 1. The fourth-order valence-corrected chi connectivity index (χ4v) is 1.70. The number of benzene rings is 1. The van der Waals surface area contributed by atoms with E-state index in [-0.39, 0.29) is 16.7 Å². The summed E-state index contributed by atoms with van der Waals surface area (Å²) in [5.74, 6) is 2.70. The van der Waals surface area contributed by atoms with E-state index in [0.717, 1.165) is 0 Å². The van der Waals surface area contributed by atoms with Gasteiger partial charge in [-0.25, -0.2) is 19.6 Å². The summed E-state index contributed by atoms with van der Waals surface area (Å²) in [4.78, 5) is 3.65. The summed E-state index contributed by atoms with van der Waals surface area (Å²) >= 11 is 5.94. The molecule has 102 valence electrons. The Hall–Kier alpha value is -2.43. The summed E-state index contributed by atoms with van der Waals surface area (Å²) in [6.07, 6.45) is 0. The first-order valence-corrected chi connectivity index (χ1v) is 5.72. The van der Waals surface area contributed by atoms with E-state index in [1.54, 1.807) is 0 Å². The van der Waals surface area contributed by atoms with Crippen LogP contribution in [0.4, 0.5) is 26.1 Å². The Balaban J connectivity index is 2.37. The van der Waals surface area contributed by atoms with E-state index in [1.807, 2.05) is 11.5 Å². The van der Waals surface area contributed by atoms with E-state index >= 15 is 0 Å². The first-order chi connectivity index (χ1) is 9.55. The number of hydrazine groups is 1. The van der Waals surface area contributed by atoms with Crippen LogP contribution in [0.3, 0.4) is 0 Å². The number of nitrogens with one attached hydrogen (secondary N) is 2. The summed E-state index contributed by atoms with van der Waals surface area (Å²) in [5.41, 5.74) is 2.70. The minimum Gasteiger partial charge on any atom is -0.336 e. The van der Waals surface area contributed by atoms with Crippen LogP contribution in [0.15, 0.2) is 24.3 Å². The zero-order valence-corrected chi connectivity index (χ0v) is 10.7. The Morgan fingerprint density at radius 1 is 1.20 bits per heavy atom. The van der Waals surface area contributed by atoms with Gasteiger partial charge in [-0.3, -0.25) is 0 Å². The summed E-state index contributed by atoms with van der Waals surface area (Å²) in [7, 11) is 0. The zero-order valence-electron chi connectivity index (χ0n) is 9.92. The number of hydrogen-bond acceptors (Lipinski definition) is 5. The second-order valence-electron chi connectivity index (χ2n) is 3.72. The standard InChI is InChI=1S/C12H8ClF2N5/c13-7-3-6(5-16)1-2-10(7)18-11-8(14)4-9(15)12(19-11)20-17/h1-4H,17H2,(H2,18,19,20). The summed E-state index contributed by atoms with van der Waals surface area (Å²) in [6.45, 7) is 0. The van der Waals surface area contributed by atoms with Crippen molar-refractivity contribution < 1.29 is 8.78 Å². The molecular weight excluding hydrogens is 288 g/mol. The van der Waals surface area contributed by atoms with Gasteiger partial charge in [-0.15, -0.1) is 0 Å². The molecule has 0 aliphatic heterocycles. The lowest BCUT2D eigenvalue weighted by Crippen LogP contribution is -2.12. The lowest BCUT2D eigenvalue weighted by atomic mass is 10.2. The first kappa shape index (κ1) is 14.0. The second-order valence-corrected chi connectivity index (χ2v) is 4.13. The number of aromatic nitrogens is 1. The van der Waals surface area contributed by atoms with Gasteiger partial charge in [0, 0.05) is 6.07 Å². The fraction of sp³-hybridized carbons (Fsp3) is 0. The number of nitriles is 1. The molecular formula is C12H8ClF2N5. The van der Waals surface area contributed by atoms with E-state index in [4.69, 9.17) is 22.7 Å². The average Bonchev–Trinajstić information content (AvgIpc) is 2.43. The maximum Gasteiger partial charge on any atom is 0.178 e. The summed E-state index contributed by atoms with van der Waals surface area (Å²) < 4.78 is 26.8. The molecule has 0 radical (unpaired) electrons. The molecule has 4 N–H and O–H groups in total. The first-order valence-electron chi connectivity index (χ1n) is 5.34. The van der Waals surface area contributed by atoms with E-state index < -0.39 is 11.6 Å². The highest BCUT2D eigenvalue weighted by molar-refractivity contribution is 6.33. The third kappa shape index (κ3) is 2.77. The summed E-state index contributed by atoms with van der Waals surface area (Å²) in [5, 5.41) is 11.5. The van der Waals surface area contributed by atoms with Gasteiger partial charge >= 0.3 is 0 Å². The maximum absolute atomic E-state index is 13.6. The molecule has 0 aliphatic carbocycles. The van der Waals surface area contributed by atoms with E-state index in [1.165, 1.54) is 18.2 Å². The largest absolute Gasteiger partial charge is 0.336 e. The van der Waals surface area contributed by atoms with Crippen molar-refractivity contribution in [2.45, 2.75) is 0 Å². The van der Waals surface area contributed by atoms with Gasteiger partial charge in [-0.05, 0) is 18.2 Å². The van der Waals surface area contributed by atoms with E-state index in [9.17, 15) is 8.78 Å². The number of nitrogen functional groups attached to an aromatic ring is 1. The molecule has 0 saturated carbocycles. The van der Waals surface area contributed by atoms with Crippen molar-refractivity contribution in [1.82, 2.24) is 4.98 Å². The van der Waals surface area contributed by atoms with Gasteiger partial charge in [0.1, 0.15) is 0 Å². The molecule has 0 aliphatic rings. The third-order valence-corrected chi connectivity index (χ3v) is 2.73. The maximum atomic E-state index is 13.6. The number of nitrogens with zero attached hydrogens (tertiary/aromatic N) is 2. The number of halogens is 3. The van der Waals surface area contributed by atoms with Crippen LogP contribution in [-0.4, -0.2) is 4.98 Å². The Bertz CT molecular complexity index is 699. The quantitative estimate of drug-likeness (QED) is 0.598. The zero-order chi connectivity index (χ0) is 14.7. The van der Waals surface area contributed by atoms with Crippen molar-refractivity contribution in [3.05, 3.63) is 46.5 Å². The molecule has 0 unspecified atom stereocenters. The van der Waals surface area contributed by atoms with Crippen molar-refractivity contribution in [2.24, 2.45) is 5.84 Å². The highest BCUT2D eigenvalue weighted by Gasteiger charge is 2.12. The highest BCUT2D eigenvalue weighted by atomic mass is 35.5. The van der Waals surface area contributed by atoms with Gasteiger partial charge in [0.15, 0.2) is 23.3 Å². The van der Waals surface area contributed by atoms with Crippen LogP contribution >= 0.6 is 11.6 Å². The normalized spacial score (nSPS) is 9.95. The van der Waals surface area contributed by atoms with Crippen LogP contribution in [0, 0.1) is 23.0 Å². The van der Waals surface area contributed by atoms with Gasteiger partial charge < -0.3 is 10.7 Å². The van der Waals surface area contributed by atoms with Crippen LogP contribution in [0.2, 0.25) is 5.02 Å². The average molecular weight is 296 g/mol. The number of nitrogens with two attached hydrogens (primary N) is 1. The van der Waals surface area contributed by atoms with E-state index in [2.05, 4.69) is 10.3 Å². The highest BCUT2D eigenvalue weighted by Crippen LogP contribution is 2.28. The molecule has 20 heavy (non-hydrogen) atoms. The molecule has 8 heteroatoms. The van der Waals surface area contributed by atoms with Crippen molar-refractivity contribution in [3.8, 4) is 6.07 Å². The summed E-state index contributed by atoms with van der Waals surface area (Å²) in [6, 6.07) is 6.95. The predicted octanol–water partition coefficient (Wildman–Crippen LogP) is 2.91. The number of hydrogen-bond donors (Lipinski definition) is 3. The van der Waals surface area contributed by atoms with Gasteiger partial charge in [0.25, 0.3) is 0 Å². The number of anilines is 3. The molecule has 0 saturated heterocycles. The van der Waals surface area contributed by atoms with Crippen molar-refractivity contribution in [1.29, 1.82) is 5.26 Å². The molecule has 1 heterocycles. The fourth-order valence-electron chi connectivity index (χ4n) is 1.47. The topological polar surface area (TPSA) is 86.8 Å². The Labute approximate surface area is 118 Å². The molecule has 1 aromatic carbocycles. The predicted molar refractivity (Wildman–Crippen MR) is 71.4 cm³/mol.